The minimum atomic E-state index is 0.141. The van der Waals surface area contributed by atoms with Crippen LogP contribution in [0, 0.1) is 0 Å². The first-order valence-electron chi connectivity index (χ1n) is 7.16. The van der Waals surface area contributed by atoms with Crippen molar-refractivity contribution in [2.24, 2.45) is 5.73 Å². The lowest BCUT2D eigenvalue weighted by Gasteiger charge is -2.47. The molecule has 2 rings (SSSR count). The SMILES string of the molecule is CN1CCCC(CN)(N(C)CCc2ccccn2)C1. The van der Waals surface area contributed by atoms with Crippen molar-refractivity contribution in [2.45, 2.75) is 24.8 Å². The molecule has 1 saturated heterocycles. The summed E-state index contributed by atoms with van der Waals surface area (Å²) < 4.78 is 0. The molecule has 0 aromatic carbocycles. The third-order valence-electron chi connectivity index (χ3n) is 4.37. The molecule has 106 valence electrons. The molecule has 0 radical (unpaired) electrons. The zero-order chi connectivity index (χ0) is 13.7. The Kier molecular flexibility index (Phi) is 4.91. The molecule has 1 aliphatic rings. The van der Waals surface area contributed by atoms with Gasteiger partial charge < -0.3 is 10.6 Å². The fourth-order valence-corrected chi connectivity index (χ4v) is 3.04. The van der Waals surface area contributed by atoms with E-state index >= 15 is 0 Å². The van der Waals surface area contributed by atoms with Crippen molar-refractivity contribution in [3.63, 3.8) is 0 Å². The summed E-state index contributed by atoms with van der Waals surface area (Å²) in [7, 11) is 4.39. The molecule has 19 heavy (non-hydrogen) atoms. The molecule has 1 aromatic heterocycles. The van der Waals surface area contributed by atoms with Crippen LogP contribution < -0.4 is 5.73 Å². The van der Waals surface area contributed by atoms with Gasteiger partial charge >= 0.3 is 0 Å². The van der Waals surface area contributed by atoms with Gasteiger partial charge in [-0.25, -0.2) is 0 Å². The highest BCUT2D eigenvalue weighted by Gasteiger charge is 2.36. The minimum absolute atomic E-state index is 0.141. The molecule has 0 saturated carbocycles. The van der Waals surface area contributed by atoms with Crippen LogP contribution in [0.5, 0.6) is 0 Å². The summed E-state index contributed by atoms with van der Waals surface area (Å²) in [5, 5.41) is 0. The van der Waals surface area contributed by atoms with Crippen molar-refractivity contribution in [2.75, 3.05) is 40.3 Å². The Bertz CT molecular complexity index is 381. The van der Waals surface area contributed by atoms with Crippen LogP contribution in [0.25, 0.3) is 0 Å². The molecule has 1 aliphatic heterocycles. The molecule has 2 heterocycles. The average Bonchev–Trinajstić information content (AvgIpc) is 2.45. The van der Waals surface area contributed by atoms with Gasteiger partial charge in [0.1, 0.15) is 0 Å². The summed E-state index contributed by atoms with van der Waals surface area (Å²) in [6, 6.07) is 6.11. The van der Waals surface area contributed by atoms with Crippen LogP contribution in [0.2, 0.25) is 0 Å². The van der Waals surface area contributed by atoms with Gasteiger partial charge in [-0.2, -0.15) is 0 Å². The van der Waals surface area contributed by atoms with E-state index < -0.39 is 0 Å². The average molecular weight is 262 g/mol. The smallest absolute Gasteiger partial charge is 0.0455 e. The van der Waals surface area contributed by atoms with Crippen molar-refractivity contribution in [3.8, 4) is 0 Å². The number of rotatable bonds is 5. The minimum Gasteiger partial charge on any atom is -0.329 e. The van der Waals surface area contributed by atoms with Crippen molar-refractivity contribution in [1.82, 2.24) is 14.8 Å². The van der Waals surface area contributed by atoms with Gasteiger partial charge in [-0.05, 0) is 45.6 Å². The van der Waals surface area contributed by atoms with E-state index in [-0.39, 0.29) is 5.54 Å². The number of nitrogens with zero attached hydrogens (tertiary/aromatic N) is 3. The van der Waals surface area contributed by atoms with E-state index in [9.17, 15) is 0 Å². The summed E-state index contributed by atoms with van der Waals surface area (Å²) in [5.41, 5.74) is 7.39. The summed E-state index contributed by atoms with van der Waals surface area (Å²) in [4.78, 5) is 9.23. The fourth-order valence-electron chi connectivity index (χ4n) is 3.04. The molecule has 0 amide bonds. The molecule has 1 aromatic rings. The van der Waals surface area contributed by atoms with Crippen molar-refractivity contribution in [1.29, 1.82) is 0 Å². The normalized spacial score (nSPS) is 24.8. The maximum atomic E-state index is 6.09. The van der Waals surface area contributed by atoms with Gasteiger partial charge in [-0.15, -0.1) is 0 Å². The van der Waals surface area contributed by atoms with Gasteiger partial charge in [0.05, 0.1) is 0 Å². The number of likely N-dealkylation sites (tertiary alicyclic amines) is 1. The zero-order valence-electron chi connectivity index (χ0n) is 12.2. The Morgan fingerprint density at radius 2 is 2.32 bits per heavy atom. The van der Waals surface area contributed by atoms with Crippen LogP contribution in [0.3, 0.4) is 0 Å². The highest BCUT2D eigenvalue weighted by Crippen LogP contribution is 2.25. The maximum absolute atomic E-state index is 6.09. The summed E-state index contributed by atoms with van der Waals surface area (Å²) in [6.45, 7) is 4.01. The third kappa shape index (κ3) is 3.53. The van der Waals surface area contributed by atoms with Gasteiger partial charge in [-0.3, -0.25) is 9.88 Å². The number of piperidine rings is 1. The largest absolute Gasteiger partial charge is 0.329 e. The predicted molar refractivity (Wildman–Crippen MR) is 79.1 cm³/mol. The number of aromatic nitrogens is 1. The first-order chi connectivity index (χ1) is 9.16. The molecule has 1 atom stereocenters. The van der Waals surface area contributed by atoms with Crippen LogP contribution in [-0.2, 0) is 6.42 Å². The fraction of sp³-hybridized carbons (Fsp3) is 0.667. The molecule has 1 unspecified atom stereocenters. The first kappa shape index (κ1) is 14.4. The van der Waals surface area contributed by atoms with Gasteiger partial charge in [0.2, 0.25) is 0 Å². The molecule has 0 bridgehead atoms. The van der Waals surface area contributed by atoms with E-state index in [4.69, 9.17) is 5.73 Å². The lowest BCUT2D eigenvalue weighted by Crippen LogP contribution is -2.61. The Hall–Kier alpha value is -0.970. The zero-order valence-corrected chi connectivity index (χ0v) is 12.2. The molecule has 4 nitrogen and oxygen atoms in total. The van der Waals surface area contributed by atoms with Gasteiger partial charge in [-0.1, -0.05) is 6.07 Å². The molecular formula is C15H26N4. The highest BCUT2D eigenvalue weighted by molar-refractivity contribution is 5.04. The van der Waals surface area contributed by atoms with Crippen molar-refractivity contribution >= 4 is 0 Å². The number of nitrogens with two attached hydrogens (primary N) is 1. The van der Waals surface area contributed by atoms with Crippen molar-refractivity contribution < 1.29 is 0 Å². The second-order valence-electron chi connectivity index (χ2n) is 5.76. The van der Waals surface area contributed by atoms with Crippen molar-refractivity contribution in [3.05, 3.63) is 30.1 Å². The topological polar surface area (TPSA) is 45.4 Å². The Balaban J connectivity index is 1.95. The van der Waals surface area contributed by atoms with E-state index in [1.165, 1.54) is 19.4 Å². The monoisotopic (exact) mass is 262 g/mol. The van der Waals surface area contributed by atoms with Gasteiger partial charge in [0, 0.05) is 43.5 Å². The second-order valence-corrected chi connectivity index (χ2v) is 5.76. The molecule has 0 aliphatic carbocycles. The van der Waals surface area contributed by atoms with Crippen LogP contribution in [0.4, 0.5) is 0 Å². The lowest BCUT2D eigenvalue weighted by atomic mass is 9.87. The number of hydrogen-bond acceptors (Lipinski definition) is 4. The summed E-state index contributed by atoms with van der Waals surface area (Å²) in [5.74, 6) is 0. The Morgan fingerprint density at radius 1 is 1.47 bits per heavy atom. The maximum Gasteiger partial charge on any atom is 0.0455 e. The number of pyridine rings is 1. The van der Waals surface area contributed by atoms with Crippen LogP contribution in [0.1, 0.15) is 18.5 Å². The van der Waals surface area contributed by atoms with Crippen LogP contribution >= 0.6 is 0 Å². The van der Waals surface area contributed by atoms with Crippen LogP contribution in [-0.4, -0.2) is 60.6 Å². The highest BCUT2D eigenvalue weighted by atomic mass is 15.3. The molecule has 0 spiro atoms. The van der Waals surface area contributed by atoms with E-state index in [0.29, 0.717) is 0 Å². The molecule has 2 N–H and O–H groups in total. The number of hydrogen-bond donors (Lipinski definition) is 1. The lowest BCUT2D eigenvalue weighted by molar-refractivity contribution is 0.0457. The molecule has 1 fully saturated rings. The van der Waals surface area contributed by atoms with Gasteiger partial charge in [0.15, 0.2) is 0 Å². The number of likely N-dealkylation sites (N-methyl/N-ethyl adjacent to an activating group) is 2. The van der Waals surface area contributed by atoms with E-state index in [1.807, 2.05) is 12.3 Å². The second kappa shape index (κ2) is 6.46. The van der Waals surface area contributed by atoms with Crippen LogP contribution in [0.15, 0.2) is 24.4 Å². The molecular weight excluding hydrogens is 236 g/mol. The predicted octanol–water partition coefficient (Wildman–Crippen LogP) is 0.979. The van der Waals surface area contributed by atoms with E-state index in [1.54, 1.807) is 0 Å². The third-order valence-corrected chi connectivity index (χ3v) is 4.37. The summed E-state index contributed by atoms with van der Waals surface area (Å²) in [6.07, 6.45) is 5.29. The Labute approximate surface area is 116 Å². The molecule has 4 heteroatoms. The first-order valence-corrected chi connectivity index (χ1v) is 7.16. The van der Waals surface area contributed by atoms with E-state index in [2.05, 4.69) is 41.0 Å². The summed E-state index contributed by atoms with van der Waals surface area (Å²) >= 11 is 0. The Morgan fingerprint density at radius 3 is 2.95 bits per heavy atom. The van der Waals surface area contributed by atoms with E-state index in [0.717, 1.165) is 31.7 Å². The quantitative estimate of drug-likeness (QED) is 0.859. The van der Waals surface area contributed by atoms with Gasteiger partial charge in [0.25, 0.3) is 0 Å². The standard InChI is InChI=1S/C15H26N4/c1-18-10-5-8-15(12-16,13-18)19(2)11-7-14-6-3-4-9-17-14/h3-4,6,9H,5,7-8,10-13,16H2,1-2H3.